The van der Waals surface area contributed by atoms with E-state index in [-0.39, 0.29) is 25.7 Å². The third kappa shape index (κ3) is 2.19. The van der Waals surface area contributed by atoms with E-state index >= 15 is 0 Å². The van der Waals surface area contributed by atoms with Gasteiger partial charge in [-0.15, -0.1) is 0 Å². The molecule has 140 valence electrons. The molecule has 0 bridgehead atoms. The van der Waals surface area contributed by atoms with Crippen LogP contribution in [0, 0.1) is 0 Å². The van der Waals surface area contributed by atoms with Crippen LogP contribution in [0.25, 0.3) is 0 Å². The fraction of sp³-hybridized carbons (Fsp3) is 0.400. The maximum absolute atomic E-state index is 6.44. The predicted molar refractivity (Wildman–Crippen MR) is 93.2 cm³/mol. The highest BCUT2D eigenvalue weighted by molar-refractivity contribution is 5.56. The summed E-state index contributed by atoms with van der Waals surface area (Å²) >= 11 is 0. The minimum atomic E-state index is -0.531. The normalized spacial score (nSPS) is 26.8. The van der Waals surface area contributed by atoms with Crippen molar-refractivity contribution < 1.29 is 28.4 Å². The van der Waals surface area contributed by atoms with Gasteiger partial charge in [0.15, 0.2) is 29.3 Å². The molecular formula is C20H19NO6. The van der Waals surface area contributed by atoms with E-state index in [0.29, 0.717) is 0 Å². The molecule has 3 atom stereocenters. The lowest BCUT2D eigenvalue weighted by Gasteiger charge is -2.38. The van der Waals surface area contributed by atoms with Crippen LogP contribution in [0.3, 0.4) is 0 Å². The van der Waals surface area contributed by atoms with Gasteiger partial charge in [0, 0.05) is 7.11 Å². The summed E-state index contributed by atoms with van der Waals surface area (Å²) in [5.74, 6) is 3.02. The predicted octanol–water partition coefficient (Wildman–Crippen LogP) is 2.75. The molecule has 0 radical (unpaired) electrons. The standard InChI is InChI=1S/C20H19NO6/c1-22-20-16-11(2-3-13-19(16)26-9-23-13)17-18(27-20)12-7-15-14(24-8-25-15)6-10(12)4-5-21-17/h2-3,6-7,17-18,20-21H,4-5,8-9H2,1H3/t17-,18-,20+/m0/s1. The largest absolute Gasteiger partial charge is 0.454 e. The molecule has 2 aromatic carbocycles. The molecule has 4 aliphatic rings. The van der Waals surface area contributed by atoms with Gasteiger partial charge in [-0.25, -0.2) is 0 Å². The molecule has 0 amide bonds. The zero-order valence-corrected chi connectivity index (χ0v) is 14.8. The van der Waals surface area contributed by atoms with Crippen molar-refractivity contribution in [1.82, 2.24) is 5.32 Å². The highest BCUT2D eigenvalue weighted by atomic mass is 16.7. The molecule has 1 N–H and O–H groups in total. The summed E-state index contributed by atoms with van der Waals surface area (Å²) in [7, 11) is 1.65. The van der Waals surface area contributed by atoms with E-state index in [0.717, 1.165) is 52.7 Å². The summed E-state index contributed by atoms with van der Waals surface area (Å²) < 4.78 is 34.6. The number of ether oxygens (including phenoxy) is 6. The average Bonchev–Trinajstić information content (AvgIpc) is 3.31. The number of methoxy groups -OCH3 is 1. The van der Waals surface area contributed by atoms with Gasteiger partial charge in [-0.1, -0.05) is 6.07 Å². The Morgan fingerprint density at radius 2 is 1.78 bits per heavy atom. The van der Waals surface area contributed by atoms with Crippen LogP contribution in [0.2, 0.25) is 0 Å². The lowest BCUT2D eigenvalue weighted by Crippen LogP contribution is -2.34. The number of nitrogens with one attached hydrogen (secondary N) is 1. The molecule has 0 saturated heterocycles. The van der Waals surface area contributed by atoms with Gasteiger partial charge in [-0.3, -0.25) is 0 Å². The first-order valence-corrected chi connectivity index (χ1v) is 9.10. The van der Waals surface area contributed by atoms with Crippen LogP contribution < -0.4 is 24.3 Å². The second kappa shape index (κ2) is 5.76. The van der Waals surface area contributed by atoms with Crippen LogP contribution in [0.15, 0.2) is 24.3 Å². The van der Waals surface area contributed by atoms with Crippen molar-refractivity contribution >= 4 is 0 Å². The number of fused-ring (bicyclic) bond motifs is 8. The highest BCUT2D eigenvalue weighted by Gasteiger charge is 2.42. The molecule has 0 aliphatic carbocycles. The molecule has 27 heavy (non-hydrogen) atoms. The smallest absolute Gasteiger partial charge is 0.231 e. The van der Waals surface area contributed by atoms with Gasteiger partial charge in [0.2, 0.25) is 13.6 Å². The molecule has 0 fully saturated rings. The second-order valence-electron chi connectivity index (χ2n) is 7.01. The van der Waals surface area contributed by atoms with Crippen molar-refractivity contribution in [1.29, 1.82) is 0 Å². The van der Waals surface area contributed by atoms with Crippen LogP contribution in [0.5, 0.6) is 23.0 Å². The molecule has 7 nitrogen and oxygen atoms in total. The minimum Gasteiger partial charge on any atom is -0.454 e. The summed E-state index contributed by atoms with van der Waals surface area (Å²) in [6.07, 6.45) is 0.158. The number of hydrogen-bond donors (Lipinski definition) is 1. The van der Waals surface area contributed by atoms with E-state index in [9.17, 15) is 0 Å². The Hall–Kier alpha value is -2.48. The van der Waals surface area contributed by atoms with E-state index in [1.165, 1.54) is 5.56 Å². The average molecular weight is 369 g/mol. The van der Waals surface area contributed by atoms with Crippen molar-refractivity contribution in [2.45, 2.75) is 24.9 Å². The highest BCUT2D eigenvalue weighted by Crippen LogP contribution is 2.53. The summed E-state index contributed by atoms with van der Waals surface area (Å²) in [6.45, 7) is 1.32. The number of rotatable bonds is 1. The van der Waals surface area contributed by atoms with Crippen LogP contribution in [-0.4, -0.2) is 27.2 Å². The van der Waals surface area contributed by atoms with Gasteiger partial charge in [0.05, 0.1) is 11.6 Å². The summed E-state index contributed by atoms with van der Waals surface area (Å²) in [5.41, 5.74) is 4.34. The molecule has 0 aromatic heterocycles. The monoisotopic (exact) mass is 369 g/mol. The van der Waals surface area contributed by atoms with E-state index in [1.54, 1.807) is 7.11 Å². The van der Waals surface area contributed by atoms with E-state index < -0.39 is 6.29 Å². The Balaban J connectivity index is 1.51. The fourth-order valence-electron chi connectivity index (χ4n) is 4.45. The van der Waals surface area contributed by atoms with E-state index in [4.69, 9.17) is 28.4 Å². The first-order valence-electron chi connectivity index (χ1n) is 9.10. The number of hydrogen-bond acceptors (Lipinski definition) is 7. The Morgan fingerprint density at radius 3 is 2.67 bits per heavy atom. The van der Waals surface area contributed by atoms with Crippen molar-refractivity contribution in [3.05, 3.63) is 46.5 Å². The Labute approximate surface area is 156 Å². The molecule has 4 heterocycles. The van der Waals surface area contributed by atoms with Gasteiger partial charge in [0.25, 0.3) is 0 Å². The second-order valence-corrected chi connectivity index (χ2v) is 7.01. The zero-order valence-electron chi connectivity index (χ0n) is 14.8. The van der Waals surface area contributed by atoms with Crippen molar-refractivity contribution in [2.75, 3.05) is 27.2 Å². The molecule has 7 heteroatoms. The summed E-state index contributed by atoms with van der Waals surface area (Å²) in [6, 6.07) is 8.15. The quantitative estimate of drug-likeness (QED) is 0.829. The maximum atomic E-state index is 6.44. The Morgan fingerprint density at radius 1 is 0.963 bits per heavy atom. The van der Waals surface area contributed by atoms with Gasteiger partial charge >= 0.3 is 0 Å². The van der Waals surface area contributed by atoms with Gasteiger partial charge in [-0.2, -0.15) is 0 Å². The topological polar surface area (TPSA) is 67.4 Å². The summed E-state index contributed by atoms with van der Waals surface area (Å²) in [5, 5.41) is 3.64. The van der Waals surface area contributed by atoms with Gasteiger partial charge < -0.3 is 33.7 Å². The fourth-order valence-corrected chi connectivity index (χ4v) is 4.45. The SMILES string of the molecule is CO[C@@H]1O[C@H]2c3cc4c(cc3CCN[C@H]2c2ccc3c(c21)OCO3)OCO4. The van der Waals surface area contributed by atoms with Crippen molar-refractivity contribution in [3.63, 3.8) is 0 Å². The van der Waals surface area contributed by atoms with E-state index in [1.807, 2.05) is 12.1 Å². The van der Waals surface area contributed by atoms with Crippen LogP contribution in [0.1, 0.15) is 40.7 Å². The molecule has 0 unspecified atom stereocenters. The van der Waals surface area contributed by atoms with Gasteiger partial charge in [-0.05, 0) is 47.9 Å². The Kier molecular flexibility index (Phi) is 3.32. The molecule has 4 aliphatic heterocycles. The van der Waals surface area contributed by atoms with Crippen LogP contribution in [-0.2, 0) is 15.9 Å². The molecular weight excluding hydrogens is 350 g/mol. The first kappa shape index (κ1) is 15.6. The van der Waals surface area contributed by atoms with Crippen molar-refractivity contribution in [3.8, 4) is 23.0 Å². The number of benzene rings is 2. The van der Waals surface area contributed by atoms with Crippen LogP contribution >= 0.6 is 0 Å². The first-order chi connectivity index (χ1) is 13.3. The molecule has 2 aromatic rings. The van der Waals surface area contributed by atoms with Gasteiger partial charge in [0.1, 0.15) is 6.10 Å². The summed E-state index contributed by atoms with van der Waals surface area (Å²) in [4.78, 5) is 0. The molecule has 0 spiro atoms. The van der Waals surface area contributed by atoms with Crippen molar-refractivity contribution in [2.24, 2.45) is 0 Å². The van der Waals surface area contributed by atoms with Crippen LogP contribution in [0.4, 0.5) is 0 Å². The lowest BCUT2D eigenvalue weighted by atomic mass is 9.87. The van der Waals surface area contributed by atoms with E-state index in [2.05, 4.69) is 17.4 Å². The lowest BCUT2D eigenvalue weighted by molar-refractivity contribution is -0.181. The molecule has 0 saturated carbocycles. The molecule has 6 rings (SSSR count). The third-order valence-electron chi connectivity index (χ3n) is 5.67. The third-order valence-corrected chi connectivity index (χ3v) is 5.67. The minimum absolute atomic E-state index is 0.0116. The zero-order chi connectivity index (χ0) is 18.0. The maximum Gasteiger partial charge on any atom is 0.231 e. The Bertz CT molecular complexity index is 929.